The van der Waals surface area contributed by atoms with Crippen LogP contribution in [0.5, 0.6) is 17.2 Å². The largest absolute Gasteiger partial charge is 0.493 e. The van der Waals surface area contributed by atoms with Gasteiger partial charge >= 0.3 is 0 Å². The summed E-state index contributed by atoms with van der Waals surface area (Å²) in [6.45, 7) is 6.26. The summed E-state index contributed by atoms with van der Waals surface area (Å²) in [7, 11) is 4.64. The second kappa shape index (κ2) is 9.17. The normalized spacial score (nSPS) is 10.6. The Balaban J connectivity index is 1.76. The van der Waals surface area contributed by atoms with E-state index in [0.29, 0.717) is 22.4 Å². The van der Waals surface area contributed by atoms with Crippen LogP contribution in [0.4, 0.5) is 5.13 Å². The quantitative estimate of drug-likeness (QED) is 0.579. The zero-order valence-electron chi connectivity index (χ0n) is 18.1. The van der Waals surface area contributed by atoms with Gasteiger partial charge in [0.05, 0.1) is 33.4 Å². The maximum atomic E-state index is 12.6. The van der Waals surface area contributed by atoms with E-state index < -0.39 is 0 Å². The van der Waals surface area contributed by atoms with E-state index in [2.05, 4.69) is 43.2 Å². The molecule has 0 aliphatic heterocycles. The van der Waals surface area contributed by atoms with Gasteiger partial charge in [0, 0.05) is 10.9 Å². The van der Waals surface area contributed by atoms with E-state index >= 15 is 0 Å². The lowest BCUT2D eigenvalue weighted by molar-refractivity contribution is -0.115. The summed E-state index contributed by atoms with van der Waals surface area (Å²) in [5.74, 6) is 1.36. The molecule has 30 heavy (non-hydrogen) atoms. The van der Waals surface area contributed by atoms with Crippen LogP contribution in [-0.4, -0.2) is 32.2 Å². The van der Waals surface area contributed by atoms with Gasteiger partial charge in [-0.05, 0) is 61.2 Å². The number of aryl methyl sites for hydroxylation is 3. The molecule has 0 bridgehead atoms. The van der Waals surface area contributed by atoms with Crippen molar-refractivity contribution in [3.63, 3.8) is 0 Å². The minimum Gasteiger partial charge on any atom is -0.493 e. The Morgan fingerprint density at radius 1 is 0.933 bits per heavy atom. The Labute approximate surface area is 180 Å². The minimum atomic E-state index is -0.165. The highest BCUT2D eigenvalue weighted by molar-refractivity contribution is 7.14. The van der Waals surface area contributed by atoms with Gasteiger partial charge < -0.3 is 19.5 Å². The Bertz CT molecular complexity index is 1050. The molecule has 1 aromatic heterocycles. The molecule has 0 atom stereocenters. The van der Waals surface area contributed by atoms with Crippen LogP contribution in [0, 0.1) is 20.8 Å². The number of hydrogen-bond donors (Lipinski definition) is 1. The van der Waals surface area contributed by atoms with Crippen molar-refractivity contribution in [3.05, 3.63) is 51.9 Å². The van der Waals surface area contributed by atoms with E-state index in [1.54, 1.807) is 33.5 Å². The lowest BCUT2D eigenvalue weighted by Gasteiger charge is -2.14. The Morgan fingerprint density at radius 3 is 2.17 bits per heavy atom. The molecule has 1 amide bonds. The Hall–Kier alpha value is -3.06. The van der Waals surface area contributed by atoms with Crippen molar-refractivity contribution in [2.45, 2.75) is 27.2 Å². The zero-order valence-corrected chi connectivity index (χ0v) is 18.9. The van der Waals surface area contributed by atoms with Crippen molar-refractivity contribution in [1.29, 1.82) is 0 Å². The summed E-state index contributed by atoms with van der Waals surface area (Å²) in [4.78, 5) is 17.2. The average Bonchev–Trinajstić information content (AvgIpc) is 3.17. The summed E-state index contributed by atoms with van der Waals surface area (Å²) >= 11 is 1.41. The number of nitrogens with one attached hydrogen (secondary N) is 1. The highest BCUT2D eigenvalue weighted by Crippen LogP contribution is 2.38. The molecular formula is C23H26N2O4S. The fourth-order valence-corrected chi connectivity index (χ4v) is 4.00. The fraction of sp³-hybridized carbons (Fsp3) is 0.304. The molecule has 1 N–H and O–H groups in total. The van der Waals surface area contributed by atoms with Gasteiger partial charge in [-0.2, -0.15) is 0 Å². The summed E-state index contributed by atoms with van der Waals surface area (Å²) in [5.41, 5.74) is 6.34. The van der Waals surface area contributed by atoms with Gasteiger partial charge in [-0.3, -0.25) is 4.79 Å². The molecular weight excluding hydrogens is 400 g/mol. The summed E-state index contributed by atoms with van der Waals surface area (Å²) in [6.07, 6.45) is 0.161. The standard InChI is InChI=1S/C23H26N2O4S/c1-13-7-15(3)17(8-14(13)2)18-12-30-23(24-18)25-21(26)11-16-9-19(27-4)22(29-6)20(10-16)28-5/h7-10,12H,11H2,1-6H3,(H,24,25,26). The number of carbonyl (C=O) groups is 1. The van der Waals surface area contributed by atoms with Crippen LogP contribution < -0.4 is 19.5 Å². The number of methoxy groups -OCH3 is 3. The molecule has 0 spiro atoms. The number of ether oxygens (including phenoxy) is 3. The van der Waals surface area contributed by atoms with Crippen LogP contribution in [0.25, 0.3) is 11.3 Å². The van der Waals surface area contributed by atoms with E-state index in [4.69, 9.17) is 14.2 Å². The Kier molecular flexibility index (Phi) is 6.62. The smallest absolute Gasteiger partial charge is 0.230 e. The van der Waals surface area contributed by atoms with Gasteiger partial charge in [0.2, 0.25) is 11.7 Å². The number of benzene rings is 2. The van der Waals surface area contributed by atoms with Crippen molar-refractivity contribution >= 4 is 22.4 Å². The van der Waals surface area contributed by atoms with Crippen LogP contribution in [0.3, 0.4) is 0 Å². The van der Waals surface area contributed by atoms with Crippen molar-refractivity contribution in [3.8, 4) is 28.5 Å². The second-order valence-electron chi connectivity index (χ2n) is 7.05. The topological polar surface area (TPSA) is 69.7 Å². The van der Waals surface area contributed by atoms with Crippen molar-refractivity contribution in [1.82, 2.24) is 4.98 Å². The molecule has 0 aliphatic carbocycles. The molecule has 0 radical (unpaired) electrons. The van der Waals surface area contributed by atoms with Gasteiger partial charge in [-0.25, -0.2) is 4.98 Å². The number of rotatable bonds is 7. The molecule has 1 heterocycles. The average molecular weight is 427 g/mol. The summed E-state index contributed by atoms with van der Waals surface area (Å²) < 4.78 is 16.0. The maximum Gasteiger partial charge on any atom is 0.230 e. The number of aromatic nitrogens is 1. The number of nitrogens with zero attached hydrogens (tertiary/aromatic N) is 1. The summed E-state index contributed by atoms with van der Waals surface area (Å²) in [5, 5.41) is 5.42. The highest BCUT2D eigenvalue weighted by Gasteiger charge is 2.16. The molecule has 0 unspecified atom stereocenters. The summed E-state index contributed by atoms with van der Waals surface area (Å²) in [6, 6.07) is 7.84. The molecule has 0 aliphatic rings. The maximum absolute atomic E-state index is 12.6. The van der Waals surface area contributed by atoms with Crippen LogP contribution >= 0.6 is 11.3 Å². The monoisotopic (exact) mass is 426 g/mol. The predicted molar refractivity (Wildman–Crippen MR) is 120 cm³/mol. The van der Waals surface area contributed by atoms with Gasteiger partial charge in [0.25, 0.3) is 0 Å². The number of hydrogen-bond acceptors (Lipinski definition) is 6. The first-order valence-electron chi connectivity index (χ1n) is 9.48. The van der Waals surface area contributed by atoms with Crippen LogP contribution in [-0.2, 0) is 11.2 Å². The van der Waals surface area contributed by atoms with E-state index in [1.807, 2.05) is 5.38 Å². The molecule has 3 aromatic rings. The molecule has 0 fully saturated rings. The van der Waals surface area contributed by atoms with Crippen molar-refractivity contribution in [2.24, 2.45) is 0 Å². The van der Waals surface area contributed by atoms with Gasteiger partial charge in [-0.1, -0.05) is 6.07 Å². The van der Waals surface area contributed by atoms with Crippen LogP contribution in [0.15, 0.2) is 29.6 Å². The second-order valence-corrected chi connectivity index (χ2v) is 7.91. The van der Waals surface area contributed by atoms with Gasteiger partial charge in [0.1, 0.15) is 0 Å². The van der Waals surface area contributed by atoms with Gasteiger partial charge in [0.15, 0.2) is 16.6 Å². The first-order valence-corrected chi connectivity index (χ1v) is 10.4. The molecule has 6 nitrogen and oxygen atoms in total. The lowest BCUT2D eigenvalue weighted by Crippen LogP contribution is -2.14. The third kappa shape index (κ3) is 4.57. The first-order chi connectivity index (χ1) is 14.4. The molecule has 3 rings (SSSR count). The molecule has 158 valence electrons. The van der Waals surface area contributed by atoms with Crippen molar-refractivity contribution < 1.29 is 19.0 Å². The van der Waals surface area contributed by atoms with Crippen LogP contribution in [0.2, 0.25) is 0 Å². The van der Waals surface area contributed by atoms with E-state index in [1.165, 1.54) is 28.0 Å². The van der Waals surface area contributed by atoms with E-state index in [9.17, 15) is 4.79 Å². The van der Waals surface area contributed by atoms with E-state index in [0.717, 1.165) is 16.8 Å². The third-order valence-electron chi connectivity index (χ3n) is 4.96. The van der Waals surface area contributed by atoms with Crippen LogP contribution in [0.1, 0.15) is 22.3 Å². The molecule has 7 heteroatoms. The number of thiazole rings is 1. The number of carbonyl (C=O) groups excluding carboxylic acids is 1. The fourth-order valence-electron chi connectivity index (χ4n) is 3.28. The van der Waals surface area contributed by atoms with Crippen molar-refractivity contribution in [2.75, 3.05) is 26.6 Å². The predicted octanol–water partition coefficient (Wildman–Crippen LogP) is 4.94. The number of anilines is 1. The molecule has 0 saturated carbocycles. The minimum absolute atomic E-state index is 0.161. The Morgan fingerprint density at radius 2 is 1.57 bits per heavy atom. The molecule has 2 aromatic carbocycles. The van der Waals surface area contributed by atoms with Gasteiger partial charge in [-0.15, -0.1) is 11.3 Å². The first kappa shape index (κ1) is 21.6. The third-order valence-corrected chi connectivity index (χ3v) is 5.71. The SMILES string of the molecule is COc1cc(CC(=O)Nc2nc(-c3cc(C)c(C)cc3C)cs2)cc(OC)c1OC. The highest BCUT2D eigenvalue weighted by atomic mass is 32.1. The number of amides is 1. The van der Waals surface area contributed by atoms with E-state index in [-0.39, 0.29) is 12.3 Å². The molecule has 0 saturated heterocycles. The zero-order chi connectivity index (χ0) is 21.8. The lowest BCUT2D eigenvalue weighted by atomic mass is 9.99.